The number of methoxy groups -OCH3 is 2. The highest BCUT2D eigenvalue weighted by molar-refractivity contribution is 6.24. The first-order chi connectivity index (χ1) is 26.7. The summed E-state index contributed by atoms with van der Waals surface area (Å²) in [6, 6.07) is 0. The topological polar surface area (TPSA) is 221 Å². The Morgan fingerprint density at radius 1 is 0.982 bits per heavy atom. The van der Waals surface area contributed by atoms with E-state index in [-0.39, 0.29) is 30.0 Å². The van der Waals surface area contributed by atoms with Crippen molar-refractivity contribution in [2.45, 2.75) is 90.7 Å². The molecule has 15 heteroatoms. The summed E-state index contributed by atoms with van der Waals surface area (Å²) in [6.07, 6.45) is 0.715. The molecule has 0 radical (unpaired) electrons. The molecule has 0 spiro atoms. The molecule has 7 rings (SSSR count). The van der Waals surface area contributed by atoms with Crippen molar-refractivity contribution in [3.8, 4) is 0 Å². The zero-order chi connectivity index (χ0) is 40.3. The molecule has 7 aliphatic rings. The highest BCUT2D eigenvalue weighted by Crippen LogP contribution is 2.49. The number of carbonyl (C=O) groups excluding carboxylic acids is 2. The van der Waals surface area contributed by atoms with Crippen molar-refractivity contribution in [1.82, 2.24) is 5.32 Å². The van der Waals surface area contributed by atoms with Gasteiger partial charge in [-0.05, 0) is 74.6 Å². The number of aliphatic hydroxyl groups excluding tert-OH is 5. The van der Waals surface area contributed by atoms with E-state index in [4.69, 9.17) is 33.9 Å². The number of esters is 2. The Hall–Kier alpha value is -4.77. The highest BCUT2D eigenvalue weighted by Gasteiger charge is 2.49. The van der Waals surface area contributed by atoms with E-state index < -0.39 is 55.3 Å². The normalized spacial score (nSPS) is 31.4. The van der Waals surface area contributed by atoms with Gasteiger partial charge in [0.2, 0.25) is 0 Å². The molecule has 15 nitrogen and oxygen atoms in total. The predicted octanol–water partition coefficient (Wildman–Crippen LogP) is 2.83. The Bertz CT molecular complexity index is 2110. The molecule has 6 aliphatic heterocycles. The number of fused-ring (bicyclic) bond motifs is 5. The molecule has 2 fully saturated rings. The summed E-state index contributed by atoms with van der Waals surface area (Å²) in [6.45, 7) is 8.96. The van der Waals surface area contributed by atoms with Crippen LogP contribution in [0.2, 0.25) is 0 Å². The highest BCUT2D eigenvalue weighted by atomic mass is 16.7. The van der Waals surface area contributed by atoms with Crippen molar-refractivity contribution in [3.05, 3.63) is 92.0 Å². The molecular weight excluding hydrogens is 724 g/mol. The van der Waals surface area contributed by atoms with Gasteiger partial charge in [-0.15, -0.1) is 0 Å². The summed E-state index contributed by atoms with van der Waals surface area (Å²) in [5.74, 6) is -2.91. The number of ether oxygens (including phenoxy) is 4. The van der Waals surface area contributed by atoms with Gasteiger partial charge < -0.3 is 49.8 Å². The molecule has 0 saturated carbocycles. The third kappa shape index (κ3) is 6.55. The van der Waals surface area contributed by atoms with Gasteiger partial charge in [0.1, 0.15) is 36.1 Å². The molecule has 0 aromatic rings. The molecular formula is C41H48N4O11. The van der Waals surface area contributed by atoms with Crippen molar-refractivity contribution in [2.75, 3.05) is 20.8 Å². The first kappa shape index (κ1) is 39.5. The van der Waals surface area contributed by atoms with E-state index in [0.717, 1.165) is 16.8 Å². The third-order valence-corrected chi connectivity index (χ3v) is 11.7. The lowest BCUT2D eigenvalue weighted by atomic mass is 9.84. The number of carbonyl (C=O) groups is 2. The summed E-state index contributed by atoms with van der Waals surface area (Å²) in [7, 11) is 2.60. The second-order valence-electron chi connectivity index (χ2n) is 14.9. The van der Waals surface area contributed by atoms with E-state index >= 15 is 0 Å². The minimum absolute atomic E-state index is 0.100. The molecule has 6 heterocycles. The van der Waals surface area contributed by atoms with E-state index in [1.807, 2.05) is 52.0 Å². The van der Waals surface area contributed by atoms with Crippen molar-refractivity contribution in [3.63, 3.8) is 0 Å². The van der Waals surface area contributed by atoms with Crippen LogP contribution >= 0.6 is 0 Å². The fraction of sp³-hybridized carbons (Fsp3) is 0.488. The lowest BCUT2D eigenvalue weighted by Crippen LogP contribution is -2.60. The van der Waals surface area contributed by atoms with Crippen LogP contribution in [0, 0.1) is 17.8 Å². The van der Waals surface area contributed by atoms with Crippen molar-refractivity contribution < 1.29 is 54.1 Å². The van der Waals surface area contributed by atoms with Gasteiger partial charge in [-0.3, -0.25) is 9.59 Å². The monoisotopic (exact) mass is 772 g/mol. The predicted molar refractivity (Wildman–Crippen MR) is 204 cm³/mol. The molecule has 0 aromatic heterocycles. The lowest BCUT2D eigenvalue weighted by Gasteiger charge is -2.41. The Balaban J connectivity index is 1.41. The molecule has 8 bridgehead atoms. The zero-order valence-electron chi connectivity index (χ0n) is 32.4. The summed E-state index contributed by atoms with van der Waals surface area (Å²) < 4.78 is 21.9. The third-order valence-electron chi connectivity index (χ3n) is 11.7. The molecule has 9 atom stereocenters. The van der Waals surface area contributed by atoms with Crippen LogP contribution in [-0.4, -0.2) is 112 Å². The number of rotatable bonds is 9. The molecule has 298 valence electrons. The molecule has 3 unspecified atom stereocenters. The van der Waals surface area contributed by atoms with Crippen molar-refractivity contribution >= 4 is 29.1 Å². The summed E-state index contributed by atoms with van der Waals surface area (Å²) in [4.78, 5) is 41.0. The Morgan fingerprint density at radius 2 is 1.73 bits per heavy atom. The maximum absolute atomic E-state index is 13.5. The van der Waals surface area contributed by atoms with Crippen LogP contribution in [0.25, 0.3) is 0 Å². The van der Waals surface area contributed by atoms with Gasteiger partial charge in [0.25, 0.3) is 0 Å². The SMILES string of the molecule is CCC1=CC2=NC1=CC1=C(C)C3=C(O)C(C(=O)OC)C(=C4NC(=CC5=NC(=C2)C(C(C)O[C@H]2[C@H](O)[C@@H](O)C(O)O[C@@H]2CO)=C5C)[C@@H](C)[C@@H]4CCC(=O)OC)C3=N1. The van der Waals surface area contributed by atoms with Crippen molar-refractivity contribution in [1.29, 1.82) is 0 Å². The van der Waals surface area contributed by atoms with E-state index in [0.29, 0.717) is 75.1 Å². The average Bonchev–Trinajstić information content (AvgIpc) is 3.95. The van der Waals surface area contributed by atoms with Gasteiger partial charge in [0.15, 0.2) is 6.29 Å². The smallest absolute Gasteiger partial charge is 0.321 e. The Morgan fingerprint density at radius 3 is 2.41 bits per heavy atom. The fourth-order valence-electron chi connectivity index (χ4n) is 8.60. The summed E-state index contributed by atoms with van der Waals surface area (Å²) >= 11 is 0. The van der Waals surface area contributed by atoms with Crippen LogP contribution in [0.1, 0.15) is 53.9 Å². The Labute approximate surface area is 324 Å². The Kier molecular flexibility index (Phi) is 10.8. The molecule has 1 aliphatic carbocycles. The molecule has 6 N–H and O–H groups in total. The zero-order valence-corrected chi connectivity index (χ0v) is 32.4. The quantitative estimate of drug-likeness (QED) is 0.186. The summed E-state index contributed by atoms with van der Waals surface area (Å²) in [5, 5.41) is 56.8. The minimum Gasteiger partial charge on any atom is -0.510 e. The molecule has 2 saturated heterocycles. The number of hydrogen-bond donors (Lipinski definition) is 6. The van der Waals surface area contributed by atoms with Gasteiger partial charge >= 0.3 is 11.9 Å². The number of nitrogens with zero attached hydrogens (tertiary/aromatic N) is 3. The molecule has 0 amide bonds. The lowest BCUT2D eigenvalue weighted by molar-refractivity contribution is -0.297. The maximum atomic E-state index is 13.5. The number of aliphatic imine (C=N–C) groups is 3. The number of aliphatic hydroxyl groups is 5. The van der Waals surface area contributed by atoms with Gasteiger partial charge in [0.05, 0.1) is 61.2 Å². The molecule has 0 aromatic carbocycles. The van der Waals surface area contributed by atoms with Crippen LogP contribution in [0.5, 0.6) is 0 Å². The van der Waals surface area contributed by atoms with Gasteiger partial charge in [-0.1, -0.05) is 13.8 Å². The standard InChI is InChI=1S/C41H48N4O11/c1-8-20-11-21-12-27-30(19(5)55-39-28(15-46)56-41(52)38(50)37(39)49)17(3)24(43-27)13-23-16(2)22(9-10-29(47)53-6)34(44-23)32-33(40(51)54-7)36(48)31-18(4)25(45-35(31)32)14-26(20)42-21/h11-14,16,19,22,28,33,37-39,41,44,46,48-50,52H,8-10,15H2,1-7H3/t16-,19?,22-,28+,33?,37+,38+,39+,41?/m0/s1. The van der Waals surface area contributed by atoms with E-state index in [9.17, 15) is 35.1 Å². The van der Waals surface area contributed by atoms with E-state index in [1.165, 1.54) is 14.2 Å². The van der Waals surface area contributed by atoms with Crippen LogP contribution in [0.3, 0.4) is 0 Å². The molecule has 56 heavy (non-hydrogen) atoms. The fourth-order valence-corrected chi connectivity index (χ4v) is 8.60. The number of allylic oxidation sites excluding steroid dienone is 10. The maximum Gasteiger partial charge on any atom is 0.321 e. The second-order valence-corrected chi connectivity index (χ2v) is 14.9. The average molecular weight is 773 g/mol. The van der Waals surface area contributed by atoms with Gasteiger partial charge in [-0.2, -0.15) is 0 Å². The first-order valence-corrected chi connectivity index (χ1v) is 18.8. The largest absolute Gasteiger partial charge is 0.510 e. The number of nitrogens with one attached hydrogen (secondary N) is 1. The summed E-state index contributed by atoms with van der Waals surface area (Å²) in [5.41, 5.74) is 8.76. The van der Waals surface area contributed by atoms with E-state index in [1.54, 1.807) is 6.92 Å². The van der Waals surface area contributed by atoms with Crippen LogP contribution in [-0.2, 0) is 28.5 Å². The van der Waals surface area contributed by atoms with Gasteiger partial charge in [0, 0.05) is 46.4 Å². The van der Waals surface area contributed by atoms with Crippen LogP contribution in [0.4, 0.5) is 0 Å². The minimum atomic E-state index is -1.70. The van der Waals surface area contributed by atoms with Gasteiger partial charge in [-0.25, -0.2) is 15.0 Å². The van der Waals surface area contributed by atoms with E-state index in [2.05, 4.69) is 5.32 Å². The first-order valence-electron chi connectivity index (χ1n) is 18.8. The van der Waals surface area contributed by atoms with Crippen LogP contribution < -0.4 is 5.32 Å². The number of hydrogen-bond acceptors (Lipinski definition) is 15. The van der Waals surface area contributed by atoms with Crippen LogP contribution in [0.15, 0.2) is 107 Å². The second kappa shape index (κ2) is 15.3. The van der Waals surface area contributed by atoms with Crippen molar-refractivity contribution in [2.24, 2.45) is 32.7 Å².